The molecule has 0 radical (unpaired) electrons. The number of hydrogen-bond donors (Lipinski definition) is 1. The van der Waals surface area contributed by atoms with Crippen molar-refractivity contribution in [1.82, 2.24) is 14.9 Å². The quantitative estimate of drug-likeness (QED) is 0.507. The van der Waals surface area contributed by atoms with Crippen LogP contribution >= 0.6 is 0 Å². The number of rotatable bonds is 10. The molecular weight excluding hydrogens is 362 g/mol. The van der Waals surface area contributed by atoms with Crippen LogP contribution in [0.4, 0.5) is 0 Å². The van der Waals surface area contributed by atoms with Crippen molar-refractivity contribution in [1.29, 1.82) is 0 Å². The molecule has 0 saturated heterocycles. The van der Waals surface area contributed by atoms with E-state index in [-0.39, 0.29) is 11.8 Å². The molecule has 154 valence electrons. The molecule has 1 N–H and O–H groups in total. The monoisotopic (exact) mass is 393 g/mol. The molecule has 0 unspecified atom stereocenters. The molecule has 0 fully saturated rings. The molecule has 3 aromatic rings. The van der Waals surface area contributed by atoms with Gasteiger partial charge >= 0.3 is 0 Å². The summed E-state index contributed by atoms with van der Waals surface area (Å²) in [5.41, 5.74) is 3.40. The van der Waals surface area contributed by atoms with Crippen molar-refractivity contribution in [2.75, 3.05) is 6.61 Å². The lowest BCUT2D eigenvalue weighted by Gasteiger charge is -2.12. The van der Waals surface area contributed by atoms with Gasteiger partial charge < -0.3 is 14.6 Å². The first-order valence-electron chi connectivity index (χ1n) is 10.5. The summed E-state index contributed by atoms with van der Waals surface area (Å²) in [6.45, 7) is 7.94. The van der Waals surface area contributed by atoms with Gasteiger partial charge in [-0.1, -0.05) is 45.0 Å². The summed E-state index contributed by atoms with van der Waals surface area (Å²) in [7, 11) is 0. The molecule has 0 aliphatic carbocycles. The normalized spacial score (nSPS) is 11.2. The number of carbonyl (C=O) groups excluding carboxylic acids is 1. The van der Waals surface area contributed by atoms with Crippen LogP contribution in [0.15, 0.2) is 48.5 Å². The molecule has 0 bridgehead atoms. The lowest BCUT2D eigenvalue weighted by atomic mass is 10.2. The van der Waals surface area contributed by atoms with Gasteiger partial charge in [-0.15, -0.1) is 0 Å². The Labute approximate surface area is 173 Å². The van der Waals surface area contributed by atoms with Crippen molar-refractivity contribution >= 4 is 16.9 Å². The molecular formula is C24H31N3O2. The van der Waals surface area contributed by atoms with Gasteiger partial charge in [0, 0.05) is 12.5 Å². The lowest BCUT2D eigenvalue weighted by molar-refractivity contribution is -0.124. The predicted molar refractivity (Wildman–Crippen MR) is 117 cm³/mol. The average molecular weight is 394 g/mol. The number of nitrogens with zero attached hydrogens (tertiary/aromatic N) is 2. The number of hydrogen-bond acceptors (Lipinski definition) is 3. The molecule has 0 spiro atoms. The fourth-order valence-corrected chi connectivity index (χ4v) is 3.26. The van der Waals surface area contributed by atoms with E-state index in [4.69, 9.17) is 9.72 Å². The van der Waals surface area contributed by atoms with Gasteiger partial charge in [0.2, 0.25) is 5.91 Å². The zero-order chi connectivity index (χ0) is 20.6. The van der Waals surface area contributed by atoms with Crippen LogP contribution in [-0.2, 0) is 24.3 Å². The molecule has 1 aromatic heterocycles. The number of carbonyl (C=O) groups is 1. The average Bonchev–Trinajstić information content (AvgIpc) is 3.09. The third-order valence-corrected chi connectivity index (χ3v) is 5.06. The maximum atomic E-state index is 12.0. The van der Waals surface area contributed by atoms with E-state index in [1.165, 1.54) is 5.56 Å². The molecule has 29 heavy (non-hydrogen) atoms. The Morgan fingerprint density at radius 3 is 2.59 bits per heavy atom. The van der Waals surface area contributed by atoms with Gasteiger partial charge in [-0.2, -0.15) is 0 Å². The molecule has 2 aromatic carbocycles. The summed E-state index contributed by atoms with van der Waals surface area (Å²) in [6.07, 6.45) is 2.98. The maximum absolute atomic E-state index is 12.0. The lowest BCUT2D eigenvalue weighted by Crippen LogP contribution is -2.28. The van der Waals surface area contributed by atoms with E-state index in [1.54, 1.807) is 0 Å². The summed E-state index contributed by atoms with van der Waals surface area (Å²) in [5.74, 6) is 1.84. The SMILES string of the molecule is CCc1ccc(OCCCCn2c(CNC(=O)C(C)C)nc3ccccc32)cc1. The van der Waals surface area contributed by atoms with Gasteiger partial charge in [-0.25, -0.2) is 4.98 Å². The number of imidazole rings is 1. The second-order valence-electron chi connectivity index (χ2n) is 7.59. The fourth-order valence-electron chi connectivity index (χ4n) is 3.26. The van der Waals surface area contributed by atoms with E-state index in [2.05, 4.69) is 35.0 Å². The van der Waals surface area contributed by atoms with Crippen LogP contribution in [0.3, 0.4) is 0 Å². The van der Waals surface area contributed by atoms with E-state index in [0.717, 1.165) is 48.4 Å². The molecule has 0 saturated carbocycles. The second-order valence-corrected chi connectivity index (χ2v) is 7.59. The number of fused-ring (bicyclic) bond motifs is 1. The standard InChI is InChI=1S/C24H31N3O2/c1-4-19-11-13-20(14-12-19)29-16-8-7-15-27-22-10-6-5-9-21(22)26-23(27)17-25-24(28)18(2)3/h5-6,9-14,18H,4,7-8,15-17H2,1-3H3,(H,25,28). The smallest absolute Gasteiger partial charge is 0.222 e. The van der Waals surface area contributed by atoms with E-state index in [0.29, 0.717) is 13.2 Å². The van der Waals surface area contributed by atoms with Gasteiger partial charge in [-0.3, -0.25) is 4.79 Å². The van der Waals surface area contributed by atoms with Crippen LogP contribution in [0.2, 0.25) is 0 Å². The highest BCUT2D eigenvalue weighted by atomic mass is 16.5. The van der Waals surface area contributed by atoms with Gasteiger partial charge in [0.1, 0.15) is 11.6 Å². The second kappa shape index (κ2) is 10.1. The zero-order valence-corrected chi connectivity index (χ0v) is 17.6. The minimum atomic E-state index is -0.0311. The minimum Gasteiger partial charge on any atom is -0.494 e. The van der Waals surface area contributed by atoms with Crippen molar-refractivity contribution in [3.05, 3.63) is 59.9 Å². The van der Waals surface area contributed by atoms with Crippen molar-refractivity contribution in [2.45, 2.75) is 53.1 Å². The Morgan fingerprint density at radius 1 is 1.10 bits per heavy atom. The number of ether oxygens (including phenoxy) is 1. The highest BCUT2D eigenvalue weighted by Gasteiger charge is 2.12. The van der Waals surface area contributed by atoms with Crippen LogP contribution in [-0.4, -0.2) is 22.1 Å². The molecule has 5 heteroatoms. The molecule has 3 rings (SSSR count). The summed E-state index contributed by atoms with van der Waals surface area (Å²) in [5, 5.41) is 2.99. The third-order valence-electron chi connectivity index (χ3n) is 5.06. The van der Waals surface area contributed by atoms with Gasteiger partial charge in [0.05, 0.1) is 24.2 Å². The van der Waals surface area contributed by atoms with Crippen molar-refractivity contribution in [3.8, 4) is 5.75 Å². The summed E-state index contributed by atoms with van der Waals surface area (Å²) in [4.78, 5) is 16.7. The summed E-state index contributed by atoms with van der Waals surface area (Å²) >= 11 is 0. The number of benzene rings is 2. The molecule has 5 nitrogen and oxygen atoms in total. The molecule has 0 aliphatic rings. The van der Waals surface area contributed by atoms with Crippen LogP contribution in [0.1, 0.15) is 45.0 Å². The first-order chi connectivity index (χ1) is 14.1. The minimum absolute atomic E-state index is 0.0311. The summed E-state index contributed by atoms with van der Waals surface area (Å²) < 4.78 is 8.08. The first-order valence-corrected chi connectivity index (χ1v) is 10.5. The topological polar surface area (TPSA) is 56.1 Å². The van der Waals surface area contributed by atoms with Crippen LogP contribution < -0.4 is 10.1 Å². The number of nitrogens with one attached hydrogen (secondary N) is 1. The van der Waals surface area contributed by atoms with Crippen molar-refractivity contribution in [3.63, 3.8) is 0 Å². The first kappa shape index (κ1) is 20.9. The number of amides is 1. The van der Waals surface area contributed by atoms with Crippen molar-refractivity contribution in [2.24, 2.45) is 5.92 Å². The Bertz CT molecular complexity index is 929. The van der Waals surface area contributed by atoms with Crippen LogP contribution in [0.25, 0.3) is 11.0 Å². The molecule has 1 heterocycles. The number of aromatic nitrogens is 2. The van der Waals surface area contributed by atoms with E-state index in [9.17, 15) is 4.79 Å². The molecule has 1 amide bonds. The molecule has 0 aliphatic heterocycles. The van der Waals surface area contributed by atoms with Crippen LogP contribution in [0, 0.1) is 5.92 Å². The Balaban J connectivity index is 1.56. The highest BCUT2D eigenvalue weighted by Crippen LogP contribution is 2.18. The largest absolute Gasteiger partial charge is 0.494 e. The Hall–Kier alpha value is -2.82. The summed E-state index contributed by atoms with van der Waals surface area (Å²) in [6, 6.07) is 16.4. The number of unbranched alkanes of at least 4 members (excludes halogenated alkanes) is 1. The van der Waals surface area contributed by atoms with E-state index >= 15 is 0 Å². The molecule has 0 atom stereocenters. The van der Waals surface area contributed by atoms with Crippen LogP contribution in [0.5, 0.6) is 5.75 Å². The van der Waals surface area contributed by atoms with E-state index in [1.807, 2.05) is 44.2 Å². The number of para-hydroxylation sites is 2. The van der Waals surface area contributed by atoms with Gasteiger partial charge in [0.15, 0.2) is 0 Å². The Morgan fingerprint density at radius 2 is 1.86 bits per heavy atom. The zero-order valence-electron chi connectivity index (χ0n) is 17.6. The van der Waals surface area contributed by atoms with Gasteiger partial charge in [-0.05, 0) is 49.1 Å². The van der Waals surface area contributed by atoms with E-state index < -0.39 is 0 Å². The van der Waals surface area contributed by atoms with Crippen molar-refractivity contribution < 1.29 is 9.53 Å². The highest BCUT2D eigenvalue weighted by molar-refractivity contribution is 5.78. The third kappa shape index (κ3) is 5.59. The maximum Gasteiger partial charge on any atom is 0.222 e. The fraction of sp³-hybridized carbons (Fsp3) is 0.417. The van der Waals surface area contributed by atoms with Gasteiger partial charge in [0.25, 0.3) is 0 Å². The Kier molecular flexibility index (Phi) is 7.28. The number of aryl methyl sites for hydroxylation is 2. The predicted octanol–water partition coefficient (Wildman–Crippen LogP) is 4.73.